The molecule has 0 radical (unpaired) electrons. The molecule has 0 N–H and O–H groups in total. The van der Waals surface area contributed by atoms with Gasteiger partial charge in [-0.25, -0.2) is 8.78 Å². The van der Waals surface area contributed by atoms with Crippen LogP contribution in [0.3, 0.4) is 0 Å². The van der Waals surface area contributed by atoms with Gasteiger partial charge in [-0.2, -0.15) is 0 Å². The quantitative estimate of drug-likeness (QED) is 0.589. The van der Waals surface area contributed by atoms with Crippen molar-refractivity contribution in [2.45, 2.75) is 18.2 Å². The molecular formula is C15H12Br2F2. The number of hydrogen-bond donors (Lipinski definition) is 0. The van der Waals surface area contributed by atoms with E-state index in [2.05, 4.69) is 31.9 Å². The van der Waals surface area contributed by atoms with Crippen molar-refractivity contribution in [3.63, 3.8) is 0 Å². The highest BCUT2D eigenvalue weighted by molar-refractivity contribution is 9.10. The summed E-state index contributed by atoms with van der Waals surface area (Å²) in [6.07, 6.45) is 0.606. The molecule has 4 heteroatoms. The molecule has 0 amide bonds. The minimum absolute atomic E-state index is 0.0647. The third kappa shape index (κ3) is 3.42. The lowest BCUT2D eigenvalue weighted by atomic mass is 10.0. The summed E-state index contributed by atoms with van der Waals surface area (Å²) >= 11 is 7.10. The Labute approximate surface area is 128 Å². The minimum Gasteiger partial charge on any atom is -0.204 e. The number of benzene rings is 2. The van der Waals surface area contributed by atoms with Gasteiger partial charge in [-0.1, -0.05) is 50.1 Å². The van der Waals surface area contributed by atoms with Crippen molar-refractivity contribution in [1.29, 1.82) is 0 Å². The summed E-state index contributed by atoms with van der Waals surface area (Å²) in [5, 5.41) is 0. The number of halogens is 4. The van der Waals surface area contributed by atoms with Crippen LogP contribution in [0.1, 0.15) is 21.5 Å². The molecule has 0 heterocycles. The highest BCUT2D eigenvalue weighted by atomic mass is 79.9. The van der Waals surface area contributed by atoms with Gasteiger partial charge in [0.2, 0.25) is 0 Å². The SMILES string of the molecule is Cc1c(Br)cccc1C(Br)Cc1ccc(F)c(F)c1. The number of hydrogen-bond acceptors (Lipinski definition) is 0. The van der Waals surface area contributed by atoms with E-state index >= 15 is 0 Å². The summed E-state index contributed by atoms with van der Waals surface area (Å²) in [6.45, 7) is 2.03. The van der Waals surface area contributed by atoms with Gasteiger partial charge in [0.05, 0.1) is 0 Å². The van der Waals surface area contributed by atoms with Gasteiger partial charge in [-0.15, -0.1) is 0 Å². The summed E-state index contributed by atoms with van der Waals surface area (Å²) < 4.78 is 27.1. The highest BCUT2D eigenvalue weighted by Gasteiger charge is 2.13. The average Bonchev–Trinajstić information content (AvgIpc) is 2.37. The van der Waals surface area contributed by atoms with Gasteiger partial charge < -0.3 is 0 Å². The maximum atomic E-state index is 13.2. The predicted molar refractivity (Wildman–Crippen MR) is 80.6 cm³/mol. The summed E-state index contributed by atoms with van der Waals surface area (Å²) in [4.78, 5) is 0.0647. The van der Waals surface area contributed by atoms with E-state index < -0.39 is 11.6 Å². The molecule has 0 aliphatic carbocycles. The van der Waals surface area contributed by atoms with Crippen molar-refractivity contribution in [1.82, 2.24) is 0 Å². The van der Waals surface area contributed by atoms with Crippen LogP contribution in [-0.4, -0.2) is 0 Å². The van der Waals surface area contributed by atoms with Crippen LogP contribution in [-0.2, 0) is 6.42 Å². The van der Waals surface area contributed by atoms with Crippen molar-refractivity contribution in [3.8, 4) is 0 Å². The van der Waals surface area contributed by atoms with Crippen LogP contribution in [0.25, 0.3) is 0 Å². The predicted octanol–water partition coefficient (Wildman–Crippen LogP) is 5.71. The Hall–Kier alpha value is -0.740. The van der Waals surface area contributed by atoms with E-state index in [0.29, 0.717) is 6.42 Å². The van der Waals surface area contributed by atoms with Crippen LogP contribution in [0.15, 0.2) is 40.9 Å². The fraction of sp³-hybridized carbons (Fsp3) is 0.200. The molecule has 1 atom stereocenters. The van der Waals surface area contributed by atoms with E-state index in [4.69, 9.17) is 0 Å². The van der Waals surface area contributed by atoms with E-state index in [0.717, 1.165) is 27.2 Å². The molecule has 100 valence electrons. The standard InChI is InChI=1S/C15H12Br2F2/c1-9-11(3-2-4-12(9)16)13(17)7-10-5-6-14(18)15(19)8-10/h2-6,8,13H,7H2,1H3. The molecule has 0 bridgehead atoms. The first-order valence-electron chi connectivity index (χ1n) is 5.82. The molecule has 0 fully saturated rings. The molecule has 0 aliphatic rings. The fourth-order valence-corrected chi connectivity index (χ4v) is 3.20. The second-order valence-electron chi connectivity index (χ2n) is 4.37. The maximum Gasteiger partial charge on any atom is 0.159 e. The molecule has 0 saturated carbocycles. The van der Waals surface area contributed by atoms with Crippen LogP contribution >= 0.6 is 31.9 Å². The van der Waals surface area contributed by atoms with E-state index in [1.807, 2.05) is 25.1 Å². The van der Waals surface area contributed by atoms with E-state index in [1.165, 1.54) is 6.07 Å². The molecule has 0 nitrogen and oxygen atoms in total. The summed E-state index contributed by atoms with van der Waals surface area (Å²) in [6, 6.07) is 10.00. The zero-order valence-corrected chi connectivity index (χ0v) is 13.4. The first-order valence-corrected chi connectivity index (χ1v) is 7.53. The molecule has 19 heavy (non-hydrogen) atoms. The number of alkyl halides is 1. The van der Waals surface area contributed by atoms with Gasteiger partial charge in [-0.3, -0.25) is 0 Å². The largest absolute Gasteiger partial charge is 0.204 e. The molecule has 0 aliphatic heterocycles. The van der Waals surface area contributed by atoms with Crippen LogP contribution in [0.4, 0.5) is 8.78 Å². The second kappa shape index (κ2) is 6.14. The van der Waals surface area contributed by atoms with Gasteiger partial charge in [-0.05, 0) is 48.2 Å². The van der Waals surface area contributed by atoms with Crippen LogP contribution in [0.5, 0.6) is 0 Å². The molecule has 0 spiro atoms. The van der Waals surface area contributed by atoms with Gasteiger partial charge >= 0.3 is 0 Å². The van der Waals surface area contributed by atoms with Crippen LogP contribution < -0.4 is 0 Å². The van der Waals surface area contributed by atoms with Crippen LogP contribution in [0.2, 0.25) is 0 Å². The monoisotopic (exact) mass is 388 g/mol. The molecule has 1 unspecified atom stereocenters. The number of rotatable bonds is 3. The Morgan fingerprint density at radius 3 is 2.53 bits per heavy atom. The van der Waals surface area contributed by atoms with Gasteiger partial charge in [0.15, 0.2) is 11.6 Å². The lowest BCUT2D eigenvalue weighted by Gasteiger charge is -2.14. The van der Waals surface area contributed by atoms with Gasteiger partial charge in [0.1, 0.15) is 0 Å². The zero-order chi connectivity index (χ0) is 14.0. The van der Waals surface area contributed by atoms with Gasteiger partial charge in [0.25, 0.3) is 0 Å². The Kier molecular flexibility index (Phi) is 4.74. The molecule has 0 saturated heterocycles. The third-order valence-electron chi connectivity index (χ3n) is 3.05. The Bertz CT molecular complexity index is 597. The molecular weight excluding hydrogens is 378 g/mol. The lowest BCUT2D eigenvalue weighted by molar-refractivity contribution is 0.507. The molecule has 2 rings (SSSR count). The summed E-state index contributed by atoms with van der Waals surface area (Å²) in [5.74, 6) is -1.61. The summed E-state index contributed by atoms with van der Waals surface area (Å²) in [7, 11) is 0. The van der Waals surface area contributed by atoms with Crippen molar-refractivity contribution in [2.24, 2.45) is 0 Å². The average molecular weight is 390 g/mol. The molecule has 0 aromatic heterocycles. The molecule has 2 aromatic carbocycles. The Balaban J connectivity index is 2.23. The zero-order valence-electron chi connectivity index (χ0n) is 10.3. The first kappa shape index (κ1) is 14.7. The Morgan fingerprint density at radius 1 is 1.11 bits per heavy atom. The van der Waals surface area contributed by atoms with Crippen LogP contribution in [0, 0.1) is 18.6 Å². The summed E-state index contributed by atoms with van der Waals surface area (Å²) in [5.41, 5.74) is 3.05. The van der Waals surface area contributed by atoms with E-state index in [1.54, 1.807) is 6.07 Å². The van der Waals surface area contributed by atoms with Gasteiger partial charge in [0, 0.05) is 9.30 Å². The third-order valence-corrected chi connectivity index (χ3v) is 4.72. The topological polar surface area (TPSA) is 0 Å². The van der Waals surface area contributed by atoms with E-state index in [-0.39, 0.29) is 4.83 Å². The second-order valence-corrected chi connectivity index (χ2v) is 6.33. The van der Waals surface area contributed by atoms with Crippen molar-refractivity contribution in [3.05, 3.63) is 69.2 Å². The molecule has 2 aromatic rings. The Morgan fingerprint density at radius 2 is 1.84 bits per heavy atom. The van der Waals surface area contributed by atoms with Crippen molar-refractivity contribution in [2.75, 3.05) is 0 Å². The maximum absolute atomic E-state index is 13.2. The smallest absolute Gasteiger partial charge is 0.159 e. The van der Waals surface area contributed by atoms with Crippen molar-refractivity contribution >= 4 is 31.9 Å². The fourth-order valence-electron chi connectivity index (χ4n) is 1.95. The first-order chi connectivity index (χ1) is 8.99. The normalized spacial score (nSPS) is 12.5. The lowest BCUT2D eigenvalue weighted by Crippen LogP contribution is -1.99. The van der Waals surface area contributed by atoms with Crippen molar-refractivity contribution < 1.29 is 8.78 Å². The van der Waals surface area contributed by atoms with E-state index in [9.17, 15) is 8.78 Å². The highest BCUT2D eigenvalue weighted by Crippen LogP contribution is 2.32. The minimum atomic E-state index is -0.812.